The van der Waals surface area contributed by atoms with Crippen LogP contribution in [-0.4, -0.2) is 7.05 Å². The minimum absolute atomic E-state index is 0.326. The van der Waals surface area contributed by atoms with E-state index in [1.165, 1.54) is 12.1 Å². The van der Waals surface area contributed by atoms with Gasteiger partial charge in [-0.1, -0.05) is 40.9 Å². The van der Waals surface area contributed by atoms with E-state index in [0.29, 0.717) is 38.7 Å². The molecule has 2 aromatic rings. The van der Waals surface area contributed by atoms with Crippen molar-refractivity contribution >= 4 is 34.8 Å². The molecule has 0 saturated heterocycles. The molecule has 0 fully saturated rings. The molecule has 0 unspecified atom stereocenters. The maximum absolute atomic E-state index is 9.23. The number of ether oxygens (including phenoxy) is 1. The monoisotopic (exact) mass is 340 g/mol. The van der Waals surface area contributed by atoms with Gasteiger partial charge in [0.1, 0.15) is 17.6 Å². The number of hydrogen-bond acceptors (Lipinski definition) is 3. The Balaban J connectivity index is 2.36. The first kappa shape index (κ1) is 15.9. The summed E-state index contributed by atoms with van der Waals surface area (Å²) in [6.07, 6.45) is 0. The maximum Gasteiger partial charge on any atom is 0.147 e. The highest BCUT2D eigenvalue weighted by molar-refractivity contribution is 6.43. The lowest BCUT2D eigenvalue weighted by Crippen LogP contribution is -2.05. The molecule has 2 rings (SSSR count). The van der Waals surface area contributed by atoms with Crippen molar-refractivity contribution in [3.8, 4) is 17.6 Å². The van der Waals surface area contributed by atoms with Crippen LogP contribution in [0.2, 0.25) is 15.1 Å². The van der Waals surface area contributed by atoms with Gasteiger partial charge in [0.25, 0.3) is 0 Å². The van der Waals surface area contributed by atoms with Crippen LogP contribution in [-0.2, 0) is 6.54 Å². The van der Waals surface area contributed by atoms with Gasteiger partial charge in [-0.15, -0.1) is 0 Å². The summed E-state index contributed by atoms with van der Waals surface area (Å²) < 4.78 is 5.68. The lowest BCUT2D eigenvalue weighted by molar-refractivity contribution is 0.481. The lowest BCUT2D eigenvalue weighted by atomic mass is 10.1. The van der Waals surface area contributed by atoms with Crippen molar-refractivity contribution in [2.24, 2.45) is 0 Å². The number of hydrogen-bond donors (Lipinski definition) is 1. The van der Waals surface area contributed by atoms with Crippen LogP contribution in [0.4, 0.5) is 0 Å². The van der Waals surface area contributed by atoms with Gasteiger partial charge in [0.15, 0.2) is 0 Å². The van der Waals surface area contributed by atoms with Gasteiger partial charge in [-0.25, -0.2) is 0 Å². The van der Waals surface area contributed by atoms with Crippen LogP contribution < -0.4 is 10.1 Å². The Morgan fingerprint density at radius 1 is 1.05 bits per heavy atom. The third-order valence-corrected chi connectivity index (χ3v) is 3.76. The average molecular weight is 342 g/mol. The van der Waals surface area contributed by atoms with Crippen LogP contribution in [0.3, 0.4) is 0 Å². The van der Waals surface area contributed by atoms with Crippen LogP contribution in [0.5, 0.6) is 11.5 Å². The van der Waals surface area contributed by atoms with E-state index < -0.39 is 0 Å². The van der Waals surface area contributed by atoms with Crippen molar-refractivity contribution in [2.45, 2.75) is 6.54 Å². The standard InChI is InChI=1S/C15H11Cl3N2O/c1-20-8-9-2-3-14(10(4-9)7-19)21-15-6-12(17)11(16)5-13(15)18/h2-6,20H,8H2,1H3. The Bertz CT molecular complexity index is 711. The van der Waals surface area contributed by atoms with E-state index in [1.54, 1.807) is 12.1 Å². The van der Waals surface area contributed by atoms with Crippen LogP contribution in [0.25, 0.3) is 0 Å². The summed E-state index contributed by atoms with van der Waals surface area (Å²) in [7, 11) is 1.84. The quantitative estimate of drug-likeness (QED) is 0.793. The molecule has 0 aliphatic heterocycles. The highest BCUT2D eigenvalue weighted by atomic mass is 35.5. The zero-order chi connectivity index (χ0) is 15.4. The third-order valence-electron chi connectivity index (χ3n) is 2.74. The highest BCUT2D eigenvalue weighted by Gasteiger charge is 2.11. The lowest BCUT2D eigenvalue weighted by Gasteiger charge is -2.11. The molecule has 0 radical (unpaired) electrons. The zero-order valence-corrected chi connectivity index (χ0v) is 13.4. The molecule has 2 aromatic carbocycles. The molecular formula is C15H11Cl3N2O. The molecule has 108 valence electrons. The predicted molar refractivity (Wildman–Crippen MR) is 85.5 cm³/mol. The first-order valence-electron chi connectivity index (χ1n) is 6.05. The van der Waals surface area contributed by atoms with E-state index in [0.717, 1.165) is 5.56 Å². The second-order valence-electron chi connectivity index (χ2n) is 4.27. The van der Waals surface area contributed by atoms with Crippen LogP contribution in [0, 0.1) is 11.3 Å². The van der Waals surface area contributed by atoms with E-state index >= 15 is 0 Å². The first-order chi connectivity index (χ1) is 10.0. The van der Waals surface area contributed by atoms with Gasteiger partial charge < -0.3 is 10.1 Å². The van der Waals surface area contributed by atoms with E-state index in [1.807, 2.05) is 13.1 Å². The molecule has 0 aromatic heterocycles. The van der Waals surface area contributed by atoms with Crippen molar-refractivity contribution in [1.29, 1.82) is 5.26 Å². The van der Waals surface area contributed by atoms with Crippen molar-refractivity contribution in [2.75, 3.05) is 7.05 Å². The van der Waals surface area contributed by atoms with Crippen LogP contribution in [0.15, 0.2) is 30.3 Å². The van der Waals surface area contributed by atoms with Gasteiger partial charge in [-0.05, 0) is 30.8 Å². The van der Waals surface area contributed by atoms with Crippen molar-refractivity contribution in [1.82, 2.24) is 5.32 Å². The Labute approximate surface area is 138 Å². The van der Waals surface area contributed by atoms with Crippen LogP contribution in [0.1, 0.15) is 11.1 Å². The topological polar surface area (TPSA) is 45.0 Å². The summed E-state index contributed by atoms with van der Waals surface area (Å²) in [6, 6.07) is 10.5. The van der Waals surface area contributed by atoms with Gasteiger partial charge in [0.2, 0.25) is 0 Å². The Hall–Kier alpha value is -1.44. The summed E-state index contributed by atoms with van der Waals surface area (Å²) in [5.74, 6) is 0.765. The largest absolute Gasteiger partial charge is 0.454 e. The molecule has 0 amide bonds. The minimum Gasteiger partial charge on any atom is -0.454 e. The molecule has 0 atom stereocenters. The number of rotatable bonds is 4. The van der Waals surface area contributed by atoms with Gasteiger partial charge in [-0.3, -0.25) is 0 Å². The molecule has 6 heteroatoms. The smallest absolute Gasteiger partial charge is 0.147 e. The van der Waals surface area contributed by atoms with E-state index in [4.69, 9.17) is 39.5 Å². The zero-order valence-electron chi connectivity index (χ0n) is 11.1. The summed E-state index contributed by atoms with van der Waals surface area (Å²) >= 11 is 17.9. The summed E-state index contributed by atoms with van der Waals surface area (Å²) in [5, 5.41) is 13.3. The molecule has 3 nitrogen and oxygen atoms in total. The second kappa shape index (κ2) is 7.02. The molecule has 1 N–H and O–H groups in total. The summed E-state index contributed by atoms with van der Waals surface area (Å²) in [5.41, 5.74) is 1.41. The van der Waals surface area contributed by atoms with Crippen molar-refractivity contribution in [3.63, 3.8) is 0 Å². The van der Waals surface area contributed by atoms with Gasteiger partial charge in [-0.2, -0.15) is 5.26 Å². The molecule has 0 bridgehead atoms. The fourth-order valence-electron chi connectivity index (χ4n) is 1.77. The first-order valence-corrected chi connectivity index (χ1v) is 7.18. The highest BCUT2D eigenvalue weighted by Crippen LogP contribution is 2.37. The van der Waals surface area contributed by atoms with E-state index in [9.17, 15) is 5.26 Å². The number of benzene rings is 2. The van der Waals surface area contributed by atoms with Gasteiger partial charge in [0, 0.05) is 12.6 Å². The minimum atomic E-state index is 0.326. The Morgan fingerprint density at radius 3 is 2.43 bits per heavy atom. The number of halogens is 3. The molecule has 0 aliphatic rings. The number of nitriles is 1. The van der Waals surface area contributed by atoms with Crippen LogP contribution >= 0.6 is 34.8 Å². The number of nitrogens with zero attached hydrogens (tertiary/aromatic N) is 1. The predicted octanol–water partition coefficient (Wildman–Crippen LogP) is 5.03. The Kier molecular flexibility index (Phi) is 5.33. The molecule has 0 saturated carbocycles. The normalized spacial score (nSPS) is 10.2. The van der Waals surface area contributed by atoms with Gasteiger partial charge >= 0.3 is 0 Å². The van der Waals surface area contributed by atoms with Crippen molar-refractivity contribution in [3.05, 3.63) is 56.5 Å². The van der Waals surface area contributed by atoms with Crippen molar-refractivity contribution < 1.29 is 4.74 Å². The Morgan fingerprint density at radius 2 is 1.76 bits per heavy atom. The maximum atomic E-state index is 9.23. The SMILES string of the molecule is CNCc1ccc(Oc2cc(Cl)c(Cl)cc2Cl)c(C#N)c1. The molecular weight excluding hydrogens is 331 g/mol. The molecule has 0 spiro atoms. The molecule has 0 heterocycles. The number of nitrogens with one attached hydrogen (secondary N) is 1. The van der Waals surface area contributed by atoms with E-state index in [2.05, 4.69) is 11.4 Å². The fraction of sp³-hybridized carbons (Fsp3) is 0.133. The van der Waals surface area contributed by atoms with E-state index in [-0.39, 0.29) is 0 Å². The second-order valence-corrected chi connectivity index (χ2v) is 5.49. The average Bonchev–Trinajstić information content (AvgIpc) is 2.46. The third kappa shape index (κ3) is 3.81. The summed E-state index contributed by atoms with van der Waals surface area (Å²) in [4.78, 5) is 0. The van der Waals surface area contributed by atoms with Gasteiger partial charge in [0.05, 0.1) is 20.6 Å². The molecule has 21 heavy (non-hydrogen) atoms. The summed E-state index contributed by atoms with van der Waals surface area (Å²) in [6.45, 7) is 0.669. The fourth-order valence-corrected chi connectivity index (χ4v) is 2.34. The molecule has 0 aliphatic carbocycles.